The van der Waals surface area contributed by atoms with Gasteiger partial charge in [-0.3, -0.25) is 4.98 Å². The molecule has 0 unspecified atom stereocenters. The van der Waals surface area contributed by atoms with Gasteiger partial charge in [0.25, 0.3) is 0 Å². The number of aromatic amines is 1. The van der Waals surface area contributed by atoms with Crippen LogP contribution in [0.15, 0.2) is 60.9 Å². The smallest absolute Gasteiger partial charge is 0.0459 e. The zero-order valence-electron chi connectivity index (χ0n) is 18.2. The summed E-state index contributed by atoms with van der Waals surface area (Å²) in [5.74, 6) is 0. The van der Waals surface area contributed by atoms with Gasteiger partial charge >= 0.3 is 0 Å². The monoisotopic (exact) mass is 372 g/mol. The Morgan fingerprint density at radius 3 is 2.07 bits per heavy atom. The number of nitrogens with one attached hydrogen (secondary N) is 1. The minimum Gasteiger partial charge on any atom is -0.361 e. The normalized spacial score (nSPS) is 12.1. The molecule has 0 aliphatic carbocycles. The lowest BCUT2D eigenvalue weighted by Gasteiger charge is -2.21. The van der Waals surface area contributed by atoms with Gasteiger partial charge in [0.05, 0.1) is 0 Å². The number of pyridine rings is 1. The average Bonchev–Trinajstić information content (AvgIpc) is 2.69. The van der Waals surface area contributed by atoms with Crippen molar-refractivity contribution in [2.75, 3.05) is 0 Å². The van der Waals surface area contributed by atoms with Crippen LogP contribution in [0.1, 0.15) is 58.4 Å². The molecule has 0 aliphatic heterocycles. The quantitative estimate of drug-likeness (QED) is 0.478. The van der Waals surface area contributed by atoms with Crippen LogP contribution in [0.4, 0.5) is 0 Å². The first-order valence-corrected chi connectivity index (χ1v) is 9.99. The maximum Gasteiger partial charge on any atom is 0.0459 e. The molecule has 2 aromatic heterocycles. The van der Waals surface area contributed by atoms with Crippen molar-refractivity contribution in [3.63, 3.8) is 0 Å². The molecule has 0 atom stereocenters. The van der Waals surface area contributed by atoms with E-state index in [1.54, 1.807) is 0 Å². The minimum atomic E-state index is 0.0415. The predicted octanol–water partition coefficient (Wildman–Crippen LogP) is 7.26. The highest BCUT2D eigenvalue weighted by molar-refractivity contribution is 5.94. The summed E-state index contributed by atoms with van der Waals surface area (Å²) in [5.41, 5.74) is 7.21. The van der Waals surface area contributed by atoms with Crippen LogP contribution in [-0.4, -0.2) is 9.97 Å². The standard InChI is InChI=1S/C26H32N2/c1-18-10-11-19(17-28-18)22-15-20(25(2,3)4)9-8-14-27-24-13-12-21(16-23(22)24)26(5,6)7/h8-17,27H,1-7H3. The lowest BCUT2D eigenvalue weighted by molar-refractivity contribution is 0.590. The van der Waals surface area contributed by atoms with Crippen LogP contribution < -0.4 is 0 Å². The fraction of sp³-hybridized carbons (Fsp3) is 0.346. The molecule has 1 N–H and O–H groups in total. The van der Waals surface area contributed by atoms with Gasteiger partial charge in [0.15, 0.2) is 0 Å². The van der Waals surface area contributed by atoms with Crippen LogP contribution in [0, 0.1) is 6.92 Å². The number of aryl methyl sites for hydroxylation is 1. The van der Waals surface area contributed by atoms with E-state index in [9.17, 15) is 0 Å². The number of hydrogen-bond acceptors (Lipinski definition) is 1. The van der Waals surface area contributed by atoms with Gasteiger partial charge in [-0.2, -0.15) is 0 Å². The van der Waals surface area contributed by atoms with E-state index >= 15 is 0 Å². The van der Waals surface area contributed by atoms with Gasteiger partial charge in [-0.15, -0.1) is 0 Å². The molecule has 2 heterocycles. The molecule has 2 heteroatoms. The summed E-state index contributed by atoms with van der Waals surface area (Å²) in [6, 6.07) is 17.6. The fourth-order valence-corrected chi connectivity index (χ4v) is 3.26. The molecule has 0 saturated heterocycles. The maximum atomic E-state index is 4.57. The fourth-order valence-electron chi connectivity index (χ4n) is 3.26. The summed E-state index contributed by atoms with van der Waals surface area (Å²) in [6.07, 6.45) is 4.01. The molecule has 28 heavy (non-hydrogen) atoms. The molecule has 0 spiro atoms. The van der Waals surface area contributed by atoms with Crippen LogP contribution in [0.5, 0.6) is 0 Å². The molecule has 2 nitrogen and oxygen atoms in total. The highest BCUT2D eigenvalue weighted by Crippen LogP contribution is 2.33. The second kappa shape index (κ2) is 7.43. The van der Waals surface area contributed by atoms with Crippen molar-refractivity contribution in [2.45, 2.75) is 59.3 Å². The second-order valence-electron chi connectivity index (χ2n) is 9.63. The lowest BCUT2D eigenvalue weighted by Crippen LogP contribution is -2.11. The van der Waals surface area contributed by atoms with Gasteiger partial charge in [-0.05, 0) is 64.8 Å². The van der Waals surface area contributed by atoms with Crippen molar-refractivity contribution < 1.29 is 0 Å². The highest BCUT2D eigenvalue weighted by atomic mass is 14.7. The molecule has 146 valence electrons. The molecular formula is C26H32N2. The SMILES string of the molecule is Cc1ccc(-c2cc(C(C)(C)C)ccc[nH]c3ccc(C(C)(C)C)cc23)cn1. The molecule has 0 aliphatic rings. The van der Waals surface area contributed by atoms with Crippen molar-refractivity contribution in [1.82, 2.24) is 9.97 Å². The summed E-state index contributed by atoms with van der Waals surface area (Å²) in [5, 5.41) is 1.21. The number of hydrogen-bond donors (Lipinski definition) is 1. The third kappa shape index (κ3) is 4.44. The van der Waals surface area contributed by atoms with E-state index in [1.165, 1.54) is 22.1 Å². The molecule has 0 saturated carbocycles. The van der Waals surface area contributed by atoms with Gasteiger partial charge in [-0.25, -0.2) is 0 Å². The van der Waals surface area contributed by atoms with Crippen LogP contribution in [0.3, 0.4) is 0 Å². The van der Waals surface area contributed by atoms with Crippen LogP contribution in [0.25, 0.3) is 22.0 Å². The minimum absolute atomic E-state index is 0.0415. The van der Waals surface area contributed by atoms with Crippen molar-refractivity contribution in [2.24, 2.45) is 0 Å². The Bertz CT molecular complexity index is 1020. The first-order valence-electron chi connectivity index (χ1n) is 9.99. The van der Waals surface area contributed by atoms with Gasteiger partial charge < -0.3 is 4.98 Å². The van der Waals surface area contributed by atoms with Crippen molar-refractivity contribution in [3.05, 3.63) is 77.7 Å². The lowest BCUT2D eigenvalue weighted by atomic mass is 9.84. The summed E-state index contributed by atoms with van der Waals surface area (Å²) in [6.45, 7) is 15.6. The van der Waals surface area contributed by atoms with Crippen LogP contribution in [-0.2, 0) is 10.8 Å². The van der Waals surface area contributed by atoms with E-state index in [0.717, 1.165) is 16.8 Å². The molecule has 1 aromatic carbocycles. The van der Waals surface area contributed by atoms with Gasteiger partial charge in [-0.1, -0.05) is 59.7 Å². The summed E-state index contributed by atoms with van der Waals surface area (Å²) in [4.78, 5) is 8.05. The number of fused-ring (bicyclic) bond motifs is 1. The largest absolute Gasteiger partial charge is 0.361 e. The number of benzene rings is 1. The summed E-state index contributed by atoms with van der Waals surface area (Å²) < 4.78 is 0. The Kier molecular flexibility index (Phi) is 5.34. The summed E-state index contributed by atoms with van der Waals surface area (Å²) >= 11 is 0. The van der Waals surface area contributed by atoms with Crippen LogP contribution in [0.2, 0.25) is 0 Å². The number of nitrogens with zero attached hydrogens (tertiary/aromatic N) is 1. The van der Waals surface area contributed by atoms with Gasteiger partial charge in [0, 0.05) is 34.6 Å². The maximum absolute atomic E-state index is 4.57. The predicted molar refractivity (Wildman–Crippen MR) is 121 cm³/mol. The Hall–Kier alpha value is -2.61. The third-order valence-corrected chi connectivity index (χ3v) is 5.17. The molecule has 0 radical (unpaired) electrons. The Morgan fingerprint density at radius 1 is 0.786 bits per heavy atom. The first-order chi connectivity index (χ1) is 13.1. The van der Waals surface area contributed by atoms with Crippen LogP contribution >= 0.6 is 0 Å². The van der Waals surface area contributed by atoms with Gasteiger partial charge in [0.2, 0.25) is 0 Å². The third-order valence-electron chi connectivity index (χ3n) is 5.17. The Morgan fingerprint density at radius 2 is 1.46 bits per heavy atom. The molecular weight excluding hydrogens is 340 g/mol. The molecule has 0 bridgehead atoms. The van der Waals surface area contributed by atoms with E-state index in [1.807, 2.05) is 19.3 Å². The van der Waals surface area contributed by atoms with Gasteiger partial charge in [0.1, 0.15) is 0 Å². The van der Waals surface area contributed by atoms with E-state index in [2.05, 4.69) is 100 Å². The zero-order chi connectivity index (χ0) is 20.5. The zero-order valence-corrected chi connectivity index (χ0v) is 18.2. The number of aromatic nitrogens is 2. The molecule has 3 aromatic rings. The van der Waals surface area contributed by atoms with E-state index in [-0.39, 0.29) is 10.8 Å². The first kappa shape index (κ1) is 20.1. The van der Waals surface area contributed by atoms with E-state index < -0.39 is 0 Å². The van der Waals surface area contributed by atoms with Crippen molar-refractivity contribution >= 4 is 10.9 Å². The molecule has 0 amide bonds. The average molecular weight is 373 g/mol. The number of rotatable bonds is 1. The Labute approximate surface area is 169 Å². The van der Waals surface area contributed by atoms with E-state index in [0.29, 0.717) is 0 Å². The number of H-pyrrole nitrogens is 1. The highest BCUT2D eigenvalue weighted by Gasteiger charge is 2.17. The van der Waals surface area contributed by atoms with E-state index in [4.69, 9.17) is 0 Å². The van der Waals surface area contributed by atoms with Crippen molar-refractivity contribution in [3.8, 4) is 11.1 Å². The topological polar surface area (TPSA) is 28.7 Å². The molecule has 3 rings (SSSR count). The molecule has 0 fully saturated rings. The van der Waals surface area contributed by atoms with Crippen molar-refractivity contribution in [1.29, 1.82) is 0 Å². The Balaban J connectivity index is 2.49. The summed E-state index contributed by atoms with van der Waals surface area (Å²) in [7, 11) is 0. The second-order valence-corrected chi connectivity index (χ2v) is 9.63.